The van der Waals surface area contributed by atoms with Crippen LogP contribution in [0.5, 0.6) is 0 Å². The third-order valence-corrected chi connectivity index (χ3v) is 5.81. The van der Waals surface area contributed by atoms with Gasteiger partial charge >= 0.3 is 5.97 Å². The molecular weight excluding hydrogens is 334 g/mol. The van der Waals surface area contributed by atoms with Crippen molar-refractivity contribution in [2.45, 2.75) is 19.0 Å². The van der Waals surface area contributed by atoms with E-state index in [1.54, 1.807) is 11.3 Å². The standard InChI is InChI=1S/C20H19NO3S/c1-24-20(23)17-10-18-15(14-7-8-25-12-14)9-16(17)19(22)21(18)11-13-5-3-2-4-6-13/h2-9,12,16-18H,10-11H2,1H3/t16-,17+,18-/m0/s1. The molecule has 2 aromatic rings. The lowest BCUT2D eigenvalue weighted by Crippen LogP contribution is -2.56. The molecule has 2 aliphatic heterocycles. The van der Waals surface area contributed by atoms with Crippen molar-refractivity contribution in [3.63, 3.8) is 0 Å². The Hall–Kier alpha value is -2.40. The molecule has 1 amide bonds. The van der Waals surface area contributed by atoms with Crippen LogP contribution >= 0.6 is 11.3 Å². The summed E-state index contributed by atoms with van der Waals surface area (Å²) in [6.45, 7) is 0.566. The van der Waals surface area contributed by atoms with Crippen LogP contribution in [-0.4, -0.2) is 29.9 Å². The Morgan fingerprint density at radius 3 is 2.76 bits per heavy atom. The van der Waals surface area contributed by atoms with Crippen molar-refractivity contribution in [3.8, 4) is 0 Å². The number of rotatable bonds is 4. The number of nitrogens with zero attached hydrogens (tertiary/aromatic N) is 1. The van der Waals surface area contributed by atoms with E-state index in [2.05, 4.69) is 11.4 Å². The van der Waals surface area contributed by atoms with Gasteiger partial charge in [-0.15, -0.1) is 0 Å². The summed E-state index contributed by atoms with van der Waals surface area (Å²) in [5, 5.41) is 4.14. The Morgan fingerprint density at radius 2 is 2.08 bits per heavy atom. The van der Waals surface area contributed by atoms with Crippen molar-refractivity contribution in [3.05, 3.63) is 64.4 Å². The SMILES string of the molecule is COC(=O)[C@@H]1C[C@H]2C(c3ccsc3)=C[C@@H]1C(=O)N2Cc1ccccc1. The highest BCUT2D eigenvalue weighted by atomic mass is 32.1. The molecule has 0 radical (unpaired) electrons. The number of esters is 1. The number of methoxy groups -OCH3 is 1. The summed E-state index contributed by atoms with van der Waals surface area (Å²) in [6, 6.07) is 12.0. The van der Waals surface area contributed by atoms with Gasteiger partial charge in [-0.3, -0.25) is 9.59 Å². The summed E-state index contributed by atoms with van der Waals surface area (Å²) in [4.78, 5) is 27.1. The number of thiophene rings is 1. The van der Waals surface area contributed by atoms with E-state index in [0.717, 1.165) is 16.7 Å². The monoisotopic (exact) mass is 353 g/mol. The van der Waals surface area contributed by atoms with Crippen LogP contribution in [0.3, 0.4) is 0 Å². The lowest BCUT2D eigenvalue weighted by atomic mass is 9.71. The predicted octanol–water partition coefficient (Wildman–Crippen LogP) is 3.35. The highest BCUT2D eigenvalue weighted by Gasteiger charge is 2.49. The van der Waals surface area contributed by atoms with Gasteiger partial charge in [-0.25, -0.2) is 0 Å². The number of carbonyl (C=O) groups is 2. The van der Waals surface area contributed by atoms with Crippen LogP contribution in [0.15, 0.2) is 53.2 Å². The number of piperidine rings is 1. The van der Waals surface area contributed by atoms with E-state index >= 15 is 0 Å². The minimum atomic E-state index is -0.434. The zero-order valence-corrected chi connectivity index (χ0v) is 14.7. The van der Waals surface area contributed by atoms with Crippen LogP contribution in [0, 0.1) is 11.8 Å². The van der Waals surface area contributed by atoms with Gasteiger partial charge in [-0.05, 0) is 39.9 Å². The Kier molecular flexibility index (Phi) is 4.17. The first-order chi connectivity index (χ1) is 12.2. The molecule has 1 aromatic heterocycles. The van der Waals surface area contributed by atoms with Gasteiger partial charge in [0.05, 0.1) is 25.0 Å². The van der Waals surface area contributed by atoms with Gasteiger partial charge in [-0.1, -0.05) is 36.4 Å². The van der Waals surface area contributed by atoms with E-state index in [0.29, 0.717) is 13.0 Å². The predicted molar refractivity (Wildman–Crippen MR) is 96.7 cm³/mol. The van der Waals surface area contributed by atoms with E-state index in [4.69, 9.17) is 4.74 Å². The maximum atomic E-state index is 13.0. The second-order valence-electron chi connectivity index (χ2n) is 6.49. The highest BCUT2D eigenvalue weighted by Crippen LogP contribution is 2.44. The molecule has 3 aliphatic rings. The van der Waals surface area contributed by atoms with Gasteiger partial charge in [0.2, 0.25) is 5.91 Å². The minimum absolute atomic E-state index is 0.0227. The molecule has 0 unspecified atom stereocenters. The Labute approximate surface area is 150 Å². The van der Waals surface area contributed by atoms with Crippen LogP contribution in [-0.2, 0) is 20.9 Å². The number of fused-ring (bicyclic) bond motifs is 2. The van der Waals surface area contributed by atoms with Crippen LogP contribution in [0.4, 0.5) is 0 Å². The van der Waals surface area contributed by atoms with E-state index in [1.165, 1.54) is 7.11 Å². The van der Waals surface area contributed by atoms with Crippen LogP contribution in [0.2, 0.25) is 0 Å². The zero-order chi connectivity index (χ0) is 17.4. The summed E-state index contributed by atoms with van der Waals surface area (Å²) in [5.74, 6) is -1.08. The fraction of sp³-hybridized carbons (Fsp3) is 0.300. The summed E-state index contributed by atoms with van der Waals surface area (Å²) < 4.78 is 4.93. The molecule has 4 nitrogen and oxygen atoms in total. The van der Waals surface area contributed by atoms with E-state index in [-0.39, 0.29) is 23.8 Å². The molecule has 0 saturated carbocycles. The summed E-state index contributed by atoms with van der Waals surface area (Å²) >= 11 is 1.64. The fourth-order valence-corrected chi connectivity index (χ4v) is 4.56. The molecule has 0 N–H and O–H groups in total. The average molecular weight is 353 g/mol. The topological polar surface area (TPSA) is 46.6 Å². The summed E-state index contributed by atoms with van der Waals surface area (Å²) in [7, 11) is 1.39. The second kappa shape index (κ2) is 6.48. The smallest absolute Gasteiger partial charge is 0.309 e. The van der Waals surface area contributed by atoms with Gasteiger partial charge in [0, 0.05) is 6.54 Å². The lowest BCUT2D eigenvalue weighted by molar-refractivity contribution is -0.158. The first kappa shape index (κ1) is 16.1. The number of hydrogen-bond acceptors (Lipinski definition) is 4. The molecule has 128 valence electrons. The molecular formula is C20H19NO3S. The van der Waals surface area contributed by atoms with Crippen molar-refractivity contribution in [1.29, 1.82) is 0 Å². The summed E-state index contributed by atoms with van der Waals surface area (Å²) in [6.07, 6.45) is 2.61. The Morgan fingerprint density at radius 1 is 1.28 bits per heavy atom. The molecule has 5 rings (SSSR count). The van der Waals surface area contributed by atoms with Gasteiger partial charge < -0.3 is 9.64 Å². The molecule has 25 heavy (non-hydrogen) atoms. The summed E-state index contributed by atoms with van der Waals surface area (Å²) in [5.41, 5.74) is 3.40. The van der Waals surface area contributed by atoms with Crippen molar-refractivity contribution in [2.75, 3.05) is 7.11 Å². The quantitative estimate of drug-likeness (QED) is 0.792. The molecule has 1 saturated heterocycles. The minimum Gasteiger partial charge on any atom is -0.469 e. The maximum Gasteiger partial charge on any atom is 0.309 e. The zero-order valence-electron chi connectivity index (χ0n) is 13.9. The van der Waals surface area contributed by atoms with Crippen LogP contribution < -0.4 is 0 Å². The van der Waals surface area contributed by atoms with Crippen molar-refractivity contribution >= 4 is 28.8 Å². The molecule has 1 aliphatic carbocycles. The van der Waals surface area contributed by atoms with Crippen molar-refractivity contribution in [1.82, 2.24) is 4.90 Å². The fourth-order valence-electron chi connectivity index (χ4n) is 3.90. The molecule has 3 atom stereocenters. The largest absolute Gasteiger partial charge is 0.469 e. The molecule has 3 heterocycles. The molecule has 0 spiro atoms. The van der Waals surface area contributed by atoms with Crippen molar-refractivity contribution in [2.24, 2.45) is 11.8 Å². The van der Waals surface area contributed by atoms with Gasteiger partial charge in [0.1, 0.15) is 0 Å². The highest BCUT2D eigenvalue weighted by molar-refractivity contribution is 7.08. The number of ether oxygens (including phenoxy) is 1. The number of hydrogen-bond donors (Lipinski definition) is 0. The second-order valence-corrected chi connectivity index (χ2v) is 7.27. The first-order valence-corrected chi connectivity index (χ1v) is 9.30. The third-order valence-electron chi connectivity index (χ3n) is 5.13. The van der Waals surface area contributed by atoms with Gasteiger partial charge in [-0.2, -0.15) is 11.3 Å². The molecule has 2 bridgehead atoms. The number of carbonyl (C=O) groups excluding carboxylic acids is 2. The average Bonchev–Trinajstić information content (AvgIpc) is 3.19. The number of benzene rings is 1. The maximum absolute atomic E-state index is 13.0. The van der Waals surface area contributed by atoms with E-state index in [9.17, 15) is 9.59 Å². The van der Waals surface area contributed by atoms with Crippen LogP contribution in [0.25, 0.3) is 5.57 Å². The van der Waals surface area contributed by atoms with Gasteiger partial charge in [0.15, 0.2) is 0 Å². The van der Waals surface area contributed by atoms with E-state index in [1.807, 2.05) is 46.7 Å². The van der Waals surface area contributed by atoms with E-state index < -0.39 is 5.92 Å². The normalized spacial score (nSPS) is 25.0. The van der Waals surface area contributed by atoms with Gasteiger partial charge in [0.25, 0.3) is 0 Å². The van der Waals surface area contributed by atoms with Crippen LogP contribution in [0.1, 0.15) is 17.5 Å². The molecule has 1 aromatic carbocycles. The Bertz CT molecular complexity index is 813. The Balaban J connectivity index is 1.70. The molecule has 5 heteroatoms. The lowest BCUT2D eigenvalue weighted by Gasteiger charge is -2.47. The number of amides is 1. The van der Waals surface area contributed by atoms with Crippen molar-refractivity contribution < 1.29 is 14.3 Å². The molecule has 1 fully saturated rings. The first-order valence-electron chi connectivity index (χ1n) is 8.35. The third kappa shape index (κ3) is 2.78.